The van der Waals surface area contributed by atoms with Crippen LogP contribution >= 0.6 is 0 Å². The van der Waals surface area contributed by atoms with E-state index in [4.69, 9.17) is 9.84 Å². The summed E-state index contributed by atoms with van der Waals surface area (Å²) in [5.74, 6) is -0.0805. The highest BCUT2D eigenvalue weighted by molar-refractivity contribution is 5.87. The van der Waals surface area contributed by atoms with Gasteiger partial charge in [-0.25, -0.2) is 4.79 Å². The summed E-state index contributed by atoms with van der Waals surface area (Å²) < 4.78 is 5.69. The van der Waals surface area contributed by atoms with Crippen molar-refractivity contribution in [2.45, 2.75) is 19.8 Å². The standard InChI is InChI=1S/C22H21NO3/c1-2-3-14-26-20-11-8-17(9-12-20)16-4-6-18(7-5-16)21-13-10-19(15-23-21)22(24)25/h4-13,15H,2-3,14H2,1H3,(H,24,25). The van der Waals surface area contributed by atoms with Crippen molar-refractivity contribution in [2.24, 2.45) is 0 Å². The van der Waals surface area contributed by atoms with Crippen molar-refractivity contribution in [1.29, 1.82) is 0 Å². The van der Waals surface area contributed by atoms with E-state index >= 15 is 0 Å². The van der Waals surface area contributed by atoms with Crippen LogP contribution in [0.1, 0.15) is 30.1 Å². The van der Waals surface area contributed by atoms with Crippen molar-refractivity contribution in [1.82, 2.24) is 4.98 Å². The summed E-state index contributed by atoms with van der Waals surface area (Å²) in [5, 5.41) is 8.94. The molecule has 0 unspecified atom stereocenters. The molecule has 132 valence electrons. The molecule has 3 rings (SSSR count). The van der Waals surface area contributed by atoms with Gasteiger partial charge in [-0.1, -0.05) is 49.7 Å². The van der Waals surface area contributed by atoms with Gasteiger partial charge in [0.15, 0.2) is 0 Å². The third kappa shape index (κ3) is 4.28. The monoisotopic (exact) mass is 347 g/mol. The Labute approximate surface area is 153 Å². The fourth-order valence-electron chi connectivity index (χ4n) is 2.60. The van der Waals surface area contributed by atoms with Crippen LogP contribution in [0.25, 0.3) is 22.4 Å². The molecule has 0 radical (unpaired) electrons. The van der Waals surface area contributed by atoms with Gasteiger partial charge in [-0.15, -0.1) is 0 Å². The SMILES string of the molecule is CCCCOc1ccc(-c2ccc(-c3ccc(C(=O)O)cn3)cc2)cc1. The molecule has 1 aromatic heterocycles. The Morgan fingerprint density at radius 2 is 1.54 bits per heavy atom. The largest absolute Gasteiger partial charge is 0.494 e. The van der Waals surface area contributed by atoms with Crippen molar-refractivity contribution in [2.75, 3.05) is 6.61 Å². The zero-order valence-electron chi connectivity index (χ0n) is 14.7. The number of aromatic nitrogens is 1. The van der Waals surface area contributed by atoms with Crippen LogP contribution in [-0.4, -0.2) is 22.7 Å². The van der Waals surface area contributed by atoms with Gasteiger partial charge in [-0.2, -0.15) is 0 Å². The summed E-state index contributed by atoms with van der Waals surface area (Å²) in [4.78, 5) is 15.1. The second kappa shape index (κ2) is 8.30. The molecule has 0 atom stereocenters. The Kier molecular flexibility index (Phi) is 5.64. The molecule has 0 aliphatic heterocycles. The summed E-state index contributed by atoms with van der Waals surface area (Å²) in [6, 6.07) is 19.4. The summed E-state index contributed by atoms with van der Waals surface area (Å²) >= 11 is 0. The number of rotatable bonds is 7. The second-order valence-corrected chi connectivity index (χ2v) is 6.04. The van der Waals surface area contributed by atoms with E-state index in [1.165, 1.54) is 6.20 Å². The molecule has 0 aliphatic carbocycles. The van der Waals surface area contributed by atoms with E-state index in [0.29, 0.717) is 0 Å². The number of hydrogen-bond donors (Lipinski definition) is 1. The molecule has 0 amide bonds. The van der Waals surface area contributed by atoms with Gasteiger partial charge in [0.05, 0.1) is 17.9 Å². The lowest BCUT2D eigenvalue weighted by atomic mass is 10.0. The van der Waals surface area contributed by atoms with Crippen LogP contribution in [0.2, 0.25) is 0 Å². The Bertz CT molecular complexity index is 853. The van der Waals surface area contributed by atoms with Crippen LogP contribution in [0.5, 0.6) is 5.75 Å². The van der Waals surface area contributed by atoms with Gasteiger partial charge in [0, 0.05) is 11.8 Å². The first-order chi connectivity index (χ1) is 12.7. The molecule has 3 aromatic rings. The molecule has 0 bridgehead atoms. The van der Waals surface area contributed by atoms with Gasteiger partial charge >= 0.3 is 5.97 Å². The van der Waals surface area contributed by atoms with E-state index in [9.17, 15) is 4.79 Å². The van der Waals surface area contributed by atoms with Crippen molar-refractivity contribution >= 4 is 5.97 Å². The number of nitrogens with zero attached hydrogens (tertiary/aromatic N) is 1. The molecule has 26 heavy (non-hydrogen) atoms. The van der Waals surface area contributed by atoms with Gasteiger partial charge in [0.25, 0.3) is 0 Å². The highest BCUT2D eigenvalue weighted by Crippen LogP contribution is 2.25. The minimum absolute atomic E-state index is 0.187. The third-order valence-electron chi connectivity index (χ3n) is 4.15. The highest BCUT2D eigenvalue weighted by atomic mass is 16.5. The smallest absolute Gasteiger partial charge is 0.337 e. The summed E-state index contributed by atoms with van der Waals surface area (Å²) in [7, 11) is 0. The van der Waals surface area contributed by atoms with E-state index in [0.717, 1.165) is 47.6 Å². The lowest BCUT2D eigenvalue weighted by Crippen LogP contribution is -1.97. The molecular weight excluding hydrogens is 326 g/mol. The summed E-state index contributed by atoms with van der Waals surface area (Å²) in [6.45, 7) is 2.89. The quantitative estimate of drug-likeness (QED) is 0.590. The summed E-state index contributed by atoms with van der Waals surface area (Å²) in [5.41, 5.74) is 4.11. The molecule has 1 N–H and O–H groups in total. The minimum atomic E-state index is -0.971. The number of ether oxygens (including phenoxy) is 1. The normalized spacial score (nSPS) is 10.5. The Morgan fingerprint density at radius 1 is 0.923 bits per heavy atom. The zero-order chi connectivity index (χ0) is 18.4. The van der Waals surface area contributed by atoms with Gasteiger partial charge in [0.2, 0.25) is 0 Å². The van der Waals surface area contributed by atoms with E-state index in [-0.39, 0.29) is 5.56 Å². The maximum absolute atomic E-state index is 10.9. The maximum Gasteiger partial charge on any atom is 0.337 e. The first-order valence-electron chi connectivity index (χ1n) is 8.70. The second-order valence-electron chi connectivity index (χ2n) is 6.04. The third-order valence-corrected chi connectivity index (χ3v) is 4.15. The number of benzene rings is 2. The molecule has 0 aliphatic rings. The van der Waals surface area contributed by atoms with Crippen molar-refractivity contribution in [3.05, 3.63) is 72.4 Å². The highest BCUT2D eigenvalue weighted by Gasteiger charge is 2.05. The number of carbonyl (C=O) groups is 1. The molecule has 0 saturated carbocycles. The minimum Gasteiger partial charge on any atom is -0.494 e. The predicted molar refractivity (Wildman–Crippen MR) is 102 cm³/mol. The Hall–Kier alpha value is -3.14. The van der Waals surface area contributed by atoms with E-state index in [1.54, 1.807) is 12.1 Å². The number of hydrogen-bond acceptors (Lipinski definition) is 3. The van der Waals surface area contributed by atoms with Crippen LogP contribution in [0.3, 0.4) is 0 Å². The van der Waals surface area contributed by atoms with Crippen LogP contribution in [0.15, 0.2) is 66.9 Å². The Balaban J connectivity index is 1.71. The number of carboxylic acids is 1. The van der Waals surface area contributed by atoms with Crippen LogP contribution < -0.4 is 4.74 Å². The van der Waals surface area contributed by atoms with E-state index in [1.807, 2.05) is 36.4 Å². The molecule has 0 saturated heterocycles. The average molecular weight is 347 g/mol. The van der Waals surface area contributed by atoms with Crippen molar-refractivity contribution < 1.29 is 14.6 Å². The lowest BCUT2D eigenvalue weighted by molar-refractivity contribution is 0.0696. The van der Waals surface area contributed by atoms with Gasteiger partial charge in [-0.3, -0.25) is 4.98 Å². The Morgan fingerprint density at radius 3 is 2.08 bits per heavy atom. The van der Waals surface area contributed by atoms with Gasteiger partial charge in [0.1, 0.15) is 5.75 Å². The summed E-state index contributed by atoms with van der Waals surface area (Å²) in [6.07, 6.45) is 3.56. The molecule has 0 spiro atoms. The first kappa shape index (κ1) is 17.7. The fourth-order valence-corrected chi connectivity index (χ4v) is 2.60. The molecule has 4 nitrogen and oxygen atoms in total. The van der Waals surface area contributed by atoms with Gasteiger partial charge in [-0.05, 0) is 41.8 Å². The molecule has 1 heterocycles. The number of unbranched alkanes of at least 4 members (excludes halogenated alkanes) is 1. The molecule has 4 heteroatoms. The van der Waals surface area contributed by atoms with Crippen LogP contribution in [0, 0.1) is 0 Å². The van der Waals surface area contributed by atoms with Crippen molar-refractivity contribution in [3.8, 4) is 28.1 Å². The van der Waals surface area contributed by atoms with Gasteiger partial charge < -0.3 is 9.84 Å². The maximum atomic E-state index is 10.9. The number of pyridine rings is 1. The van der Waals surface area contributed by atoms with E-state index < -0.39 is 5.97 Å². The topological polar surface area (TPSA) is 59.4 Å². The lowest BCUT2D eigenvalue weighted by Gasteiger charge is -2.08. The number of carboxylic acid groups (broad SMARTS) is 1. The van der Waals surface area contributed by atoms with Crippen LogP contribution in [-0.2, 0) is 0 Å². The zero-order valence-corrected chi connectivity index (χ0v) is 14.7. The first-order valence-corrected chi connectivity index (χ1v) is 8.70. The van der Waals surface area contributed by atoms with E-state index in [2.05, 4.69) is 24.0 Å². The molecular formula is C22H21NO3. The average Bonchev–Trinajstić information content (AvgIpc) is 2.69. The molecule has 0 fully saturated rings. The number of aromatic carboxylic acids is 1. The van der Waals surface area contributed by atoms with Crippen molar-refractivity contribution in [3.63, 3.8) is 0 Å². The molecule has 2 aromatic carbocycles. The predicted octanol–water partition coefficient (Wildman–Crippen LogP) is 5.29. The van der Waals surface area contributed by atoms with Crippen LogP contribution in [0.4, 0.5) is 0 Å². The fraction of sp³-hybridized carbons (Fsp3) is 0.182.